The van der Waals surface area contributed by atoms with E-state index in [4.69, 9.17) is 0 Å². The third kappa shape index (κ3) is 4.90. The highest BCUT2D eigenvalue weighted by Crippen LogP contribution is 2.30. The molecule has 4 rings (SSSR count). The lowest BCUT2D eigenvalue weighted by molar-refractivity contribution is 0.0715. The van der Waals surface area contributed by atoms with Gasteiger partial charge < -0.3 is 24.8 Å². The van der Waals surface area contributed by atoms with Gasteiger partial charge in [0.15, 0.2) is 0 Å². The molecule has 2 aromatic carbocycles. The van der Waals surface area contributed by atoms with Crippen molar-refractivity contribution >= 4 is 29.5 Å². The van der Waals surface area contributed by atoms with Crippen LogP contribution < -0.4 is 10.9 Å². The van der Waals surface area contributed by atoms with E-state index >= 15 is 0 Å². The number of hydrogen-bond donors (Lipinski definition) is 3. The highest BCUT2D eigenvalue weighted by Gasteiger charge is 2.27. The third-order valence-electron chi connectivity index (χ3n) is 6.20. The normalized spacial score (nSPS) is 14.2. The Hall–Kier alpha value is -2.61. The molecular weight excluding hydrogens is 401 g/mol. The van der Waals surface area contributed by atoms with Gasteiger partial charge >= 0.3 is 7.12 Å². The number of carbonyl (C=O) groups excluding carboxylic acids is 1. The van der Waals surface area contributed by atoms with Crippen LogP contribution in [0.2, 0.25) is 0 Å². The first kappa shape index (κ1) is 24.0. The van der Waals surface area contributed by atoms with Crippen molar-refractivity contribution in [1.29, 1.82) is 0 Å². The maximum atomic E-state index is 13.3. The van der Waals surface area contributed by atoms with Crippen molar-refractivity contribution in [2.24, 2.45) is 7.05 Å². The summed E-state index contributed by atoms with van der Waals surface area (Å²) in [6, 6.07) is 16.0. The zero-order chi connectivity index (χ0) is 23.3. The molecule has 0 saturated carbocycles. The first-order chi connectivity index (χ1) is 15.5. The molecule has 0 bridgehead atoms. The Kier molecular flexibility index (Phi) is 8.12. The Morgan fingerprint density at radius 3 is 2.44 bits per heavy atom. The van der Waals surface area contributed by atoms with Gasteiger partial charge in [-0.25, -0.2) is 0 Å². The van der Waals surface area contributed by atoms with Gasteiger partial charge in [0.25, 0.3) is 5.91 Å². The molecular formula is C25H34BN3O3. The minimum Gasteiger partial charge on any atom is -0.422 e. The lowest BCUT2D eigenvalue weighted by atomic mass is 9.86. The summed E-state index contributed by atoms with van der Waals surface area (Å²) in [6.07, 6.45) is 1.89. The van der Waals surface area contributed by atoms with Gasteiger partial charge in [-0.3, -0.25) is 4.79 Å². The molecule has 1 aromatic heterocycles. The molecule has 32 heavy (non-hydrogen) atoms. The van der Waals surface area contributed by atoms with Crippen LogP contribution >= 0.6 is 0 Å². The zero-order valence-electron chi connectivity index (χ0n) is 19.5. The summed E-state index contributed by atoms with van der Waals surface area (Å²) in [5.74, 6) is 0.474. The lowest BCUT2D eigenvalue weighted by Crippen LogP contribution is -2.38. The number of hydrogen-bond acceptors (Lipinski definition) is 4. The molecule has 0 unspecified atom stereocenters. The summed E-state index contributed by atoms with van der Waals surface area (Å²) < 4.78 is 1.72. The summed E-state index contributed by atoms with van der Waals surface area (Å²) in [5.41, 5.74) is 4.45. The molecule has 3 N–H and O–H groups in total. The van der Waals surface area contributed by atoms with Crippen molar-refractivity contribution in [2.45, 2.75) is 39.2 Å². The molecule has 1 amide bonds. The fourth-order valence-corrected chi connectivity index (χ4v) is 4.56. The van der Waals surface area contributed by atoms with Crippen LogP contribution in [0.1, 0.15) is 54.1 Å². The Morgan fingerprint density at radius 1 is 1.09 bits per heavy atom. The number of nitrogens with one attached hydrogen (secondary N) is 1. The highest BCUT2D eigenvalue weighted by atomic mass is 16.4. The van der Waals surface area contributed by atoms with E-state index in [1.54, 1.807) is 17.7 Å². The standard InChI is InChI=1S/C23H28BN3O3.C2H6/c1-25-15-16-5-3-6-18(13-16)17-9-11-27(12-10-17)23(28)19-7-4-8-21-20(19)14-22(24(29)30)26(21)2;1-2/h3-8,13-14,17,25,29-30H,9-12,15H2,1-2H3;1-2H3. The minimum absolute atomic E-state index is 0.00700. The monoisotopic (exact) mass is 435 g/mol. The quantitative estimate of drug-likeness (QED) is 0.539. The molecule has 1 fully saturated rings. The van der Waals surface area contributed by atoms with E-state index in [-0.39, 0.29) is 5.91 Å². The molecule has 0 aliphatic carbocycles. The Labute approximate surface area is 191 Å². The smallest absolute Gasteiger partial charge is 0.422 e. The second-order valence-corrected chi connectivity index (χ2v) is 8.08. The largest absolute Gasteiger partial charge is 0.505 e. The summed E-state index contributed by atoms with van der Waals surface area (Å²) in [4.78, 5) is 15.2. The molecule has 170 valence electrons. The molecule has 7 heteroatoms. The minimum atomic E-state index is -1.57. The van der Waals surface area contributed by atoms with Crippen LogP contribution in [0.3, 0.4) is 0 Å². The molecule has 1 aliphatic heterocycles. The molecule has 1 aliphatic rings. The molecule has 1 saturated heterocycles. The van der Waals surface area contributed by atoms with Crippen molar-refractivity contribution in [3.8, 4) is 0 Å². The van der Waals surface area contributed by atoms with Crippen LogP contribution in [0, 0.1) is 0 Å². The number of aromatic nitrogens is 1. The van der Waals surface area contributed by atoms with Gasteiger partial charge in [-0.05, 0) is 55.1 Å². The van der Waals surface area contributed by atoms with Gasteiger partial charge in [0, 0.05) is 48.7 Å². The summed E-state index contributed by atoms with van der Waals surface area (Å²) in [7, 11) is 2.16. The summed E-state index contributed by atoms with van der Waals surface area (Å²) >= 11 is 0. The van der Waals surface area contributed by atoms with Crippen molar-refractivity contribution in [1.82, 2.24) is 14.8 Å². The SMILES string of the molecule is CC.CNCc1cccc(C2CCN(C(=O)c3cccc4c3cc(B(O)O)n4C)CC2)c1. The Balaban J connectivity index is 0.00000141. The average molecular weight is 435 g/mol. The number of likely N-dealkylation sites (tertiary alicyclic amines) is 1. The zero-order valence-corrected chi connectivity index (χ0v) is 19.5. The van der Waals surface area contributed by atoms with Crippen LogP contribution in [-0.2, 0) is 13.6 Å². The number of carbonyl (C=O) groups is 1. The van der Waals surface area contributed by atoms with E-state index < -0.39 is 7.12 Å². The van der Waals surface area contributed by atoms with Gasteiger partial charge in [0.05, 0.1) is 0 Å². The van der Waals surface area contributed by atoms with Crippen molar-refractivity contribution in [2.75, 3.05) is 20.1 Å². The number of benzene rings is 2. The van der Waals surface area contributed by atoms with Crippen LogP contribution in [0.25, 0.3) is 10.9 Å². The third-order valence-corrected chi connectivity index (χ3v) is 6.20. The first-order valence-corrected chi connectivity index (χ1v) is 11.5. The highest BCUT2D eigenvalue weighted by molar-refractivity contribution is 6.58. The second kappa shape index (κ2) is 10.8. The molecule has 3 aromatic rings. The number of nitrogens with zero attached hydrogens (tertiary/aromatic N) is 2. The molecule has 0 radical (unpaired) electrons. The van der Waals surface area contributed by atoms with E-state index in [1.165, 1.54) is 11.1 Å². The maximum Gasteiger partial charge on any atom is 0.505 e. The number of rotatable bonds is 5. The predicted octanol–water partition coefficient (Wildman–Crippen LogP) is 2.62. The van der Waals surface area contributed by atoms with Crippen LogP contribution in [0.4, 0.5) is 0 Å². The Morgan fingerprint density at radius 2 is 1.78 bits per heavy atom. The fourth-order valence-electron chi connectivity index (χ4n) is 4.56. The topological polar surface area (TPSA) is 77.7 Å². The van der Waals surface area contributed by atoms with Crippen LogP contribution in [0.15, 0.2) is 48.5 Å². The molecule has 2 heterocycles. The predicted molar refractivity (Wildman–Crippen MR) is 131 cm³/mol. The Bertz CT molecular complexity index is 1060. The number of piperidine rings is 1. The first-order valence-electron chi connectivity index (χ1n) is 11.5. The number of fused-ring (bicyclic) bond motifs is 1. The van der Waals surface area contributed by atoms with Gasteiger partial charge in [0.2, 0.25) is 0 Å². The van der Waals surface area contributed by atoms with Gasteiger partial charge in [-0.1, -0.05) is 44.2 Å². The maximum absolute atomic E-state index is 13.3. The molecule has 0 spiro atoms. The van der Waals surface area contributed by atoms with E-state index in [0.717, 1.165) is 43.4 Å². The van der Waals surface area contributed by atoms with Crippen molar-refractivity contribution < 1.29 is 14.8 Å². The van der Waals surface area contributed by atoms with Crippen molar-refractivity contribution in [3.63, 3.8) is 0 Å². The van der Waals surface area contributed by atoms with Crippen molar-refractivity contribution in [3.05, 3.63) is 65.2 Å². The van der Waals surface area contributed by atoms with Crippen LogP contribution in [-0.4, -0.2) is 52.7 Å². The number of amides is 1. The summed E-state index contributed by atoms with van der Waals surface area (Å²) in [6.45, 7) is 6.30. The van der Waals surface area contributed by atoms with Crippen LogP contribution in [0.5, 0.6) is 0 Å². The van der Waals surface area contributed by atoms with Gasteiger partial charge in [-0.2, -0.15) is 0 Å². The van der Waals surface area contributed by atoms with E-state index in [0.29, 0.717) is 17.1 Å². The van der Waals surface area contributed by atoms with Gasteiger partial charge in [0.1, 0.15) is 0 Å². The summed E-state index contributed by atoms with van der Waals surface area (Å²) in [5, 5.41) is 23.2. The fraction of sp³-hybridized carbons (Fsp3) is 0.400. The van der Waals surface area contributed by atoms with E-state index in [9.17, 15) is 14.8 Å². The van der Waals surface area contributed by atoms with E-state index in [1.807, 2.05) is 44.0 Å². The van der Waals surface area contributed by atoms with E-state index in [2.05, 4.69) is 29.6 Å². The molecule has 6 nitrogen and oxygen atoms in total. The average Bonchev–Trinajstić information content (AvgIpc) is 3.17. The number of aryl methyl sites for hydroxylation is 1. The second-order valence-electron chi connectivity index (χ2n) is 8.08. The van der Waals surface area contributed by atoms with Gasteiger partial charge in [-0.15, -0.1) is 0 Å². The molecule has 0 atom stereocenters. The lowest BCUT2D eigenvalue weighted by Gasteiger charge is -2.32.